The SMILES string of the molecule is CC(C)(NC(=O)COc1ccc(Br)cc1F)C(=O)O. The molecule has 2 N–H and O–H groups in total. The van der Waals surface area contributed by atoms with Gasteiger partial charge in [-0.2, -0.15) is 0 Å². The summed E-state index contributed by atoms with van der Waals surface area (Å²) in [6, 6.07) is 4.14. The Morgan fingerprint density at radius 2 is 2.11 bits per heavy atom. The summed E-state index contributed by atoms with van der Waals surface area (Å²) in [6.45, 7) is 2.22. The maximum Gasteiger partial charge on any atom is 0.328 e. The van der Waals surface area contributed by atoms with Crippen LogP contribution in [0.4, 0.5) is 4.39 Å². The highest BCUT2D eigenvalue weighted by Gasteiger charge is 2.28. The molecule has 5 nitrogen and oxygen atoms in total. The molecule has 1 aromatic carbocycles. The molecule has 0 bridgehead atoms. The average Bonchev–Trinajstić information content (AvgIpc) is 2.27. The lowest BCUT2D eigenvalue weighted by Crippen LogP contribution is -2.51. The third-order valence-electron chi connectivity index (χ3n) is 2.24. The van der Waals surface area contributed by atoms with Crippen LogP contribution in [0.2, 0.25) is 0 Å². The topological polar surface area (TPSA) is 75.6 Å². The van der Waals surface area contributed by atoms with E-state index in [1.807, 2.05) is 0 Å². The molecule has 104 valence electrons. The first-order chi connectivity index (χ1) is 8.72. The maximum atomic E-state index is 13.4. The molecule has 0 heterocycles. The summed E-state index contributed by atoms with van der Waals surface area (Å²) in [4.78, 5) is 22.3. The van der Waals surface area contributed by atoms with Gasteiger partial charge in [-0.05, 0) is 32.0 Å². The number of carboxylic acid groups (broad SMARTS) is 1. The smallest absolute Gasteiger partial charge is 0.328 e. The molecule has 0 fully saturated rings. The van der Waals surface area contributed by atoms with Gasteiger partial charge in [0.1, 0.15) is 5.54 Å². The quantitative estimate of drug-likeness (QED) is 0.863. The third-order valence-corrected chi connectivity index (χ3v) is 2.73. The Morgan fingerprint density at radius 3 is 2.63 bits per heavy atom. The Morgan fingerprint density at radius 1 is 1.47 bits per heavy atom. The van der Waals surface area contributed by atoms with E-state index in [-0.39, 0.29) is 5.75 Å². The number of carbonyl (C=O) groups is 2. The fourth-order valence-electron chi connectivity index (χ4n) is 1.17. The normalized spacial score (nSPS) is 10.9. The Kier molecular flexibility index (Phi) is 4.88. The molecule has 7 heteroatoms. The van der Waals surface area contributed by atoms with Crippen LogP contribution in [-0.2, 0) is 9.59 Å². The molecule has 0 unspecified atom stereocenters. The van der Waals surface area contributed by atoms with Crippen LogP contribution < -0.4 is 10.1 Å². The van der Waals surface area contributed by atoms with Gasteiger partial charge in [0.15, 0.2) is 18.2 Å². The van der Waals surface area contributed by atoms with Crippen LogP contribution in [0.3, 0.4) is 0 Å². The minimum atomic E-state index is -1.40. The standard InChI is InChI=1S/C12H13BrFNO4/c1-12(2,11(17)18)15-10(16)6-19-9-4-3-7(13)5-8(9)14/h3-5H,6H2,1-2H3,(H,15,16)(H,17,18). The van der Waals surface area contributed by atoms with Gasteiger partial charge in [-0.15, -0.1) is 0 Å². The average molecular weight is 334 g/mol. The van der Waals surface area contributed by atoms with E-state index < -0.39 is 29.8 Å². The molecule has 0 radical (unpaired) electrons. The summed E-state index contributed by atoms with van der Waals surface area (Å²) in [7, 11) is 0. The summed E-state index contributed by atoms with van der Waals surface area (Å²) >= 11 is 3.09. The Bertz CT molecular complexity index is 505. The fraction of sp³-hybridized carbons (Fsp3) is 0.333. The molecule has 19 heavy (non-hydrogen) atoms. The number of hydrogen-bond donors (Lipinski definition) is 2. The maximum absolute atomic E-state index is 13.4. The number of carboxylic acids is 1. The number of rotatable bonds is 5. The van der Waals surface area contributed by atoms with Crippen molar-refractivity contribution in [2.75, 3.05) is 6.61 Å². The number of nitrogens with one attached hydrogen (secondary N) is 1. The van der Waals surface area contributed by atoms with Crippen LogP contribution in [0.1, 0.15) is 13.8 Å². The van der Waals surface area contributed by atoms with Crippen molar-refractivity contribution < 1.29 is 23.8 Å². The molecule has 0 aliphatic carbocycles. The van der Waals surface area contributed by atoms with Crippen LogP contribution in [0.15, 0.2) is 22.7 Å². The Balaban J connectivity index is 2.57. The van der Waals surface area contributed by atoms with Gasteiger partial charge in [0.05, 0.1) is 0 Å². The molecule has 0 spiro atoms. The fourth-order valence-corrected chi connectivity index (χ4v) is 1.51. The monoisotopic (exact) mass is 333 g/mol. The highest BCUT2D eigenvalue weighted by Crippen LogP contribution is 2.21. The van der Waals surface area contributed by atoms with E-state index in [1.54, 1.807) is 6.07 Å². The summed E-state index contributed by atoms with van der Waals surface area (Å²) in [6.07, 6.45) is 0. The van der Waals surface area contributed by atoms with Crippen molar-refractivity contribution in [3.05, 3.63) is 28.5 Å². The lowest BCUT2D eigenvalue weighted by molar-refractivity contribution is -0.146. The number of carbonyl (C=O) groups excluding carboxylic acids is 1. The summed E-state index contributed by atoms with van der Waals surface area (Å²) in [5, 5.41) is 11.1. The lowest BCUT2D eigenvalue weighted by atomic mass is 10.1. The molecular formula is C12H13BrFNO4. The second kappa shape index (κ2) is 6.01. The van der Waals surface area contributed by atoms with Gasteiger partial charge < -0.3 is 15.2 Å². The summed E-state index contributed by atoms with van der Waals surface area (Å²) < 4.78 is 18.9. The van der Waals surface area contributed by atoms with Crippen LogP contribution in [0, 0.1) is 5.82 Å². The van der Waals surface area contributed by atoms with Crippen molar-refractivity contribution in [2.24, 2.45) is 0 Å². The van der Waals surface area contributed by atoms with E-state index in [1.165, 1.54) is 26.0 Å². The van der Waals surface area contributed by atoms with E-state index in [9.17, 15) is 14.0 Å². The molecule has 1 aromatic rings. The Hall–Kier alpha value is -1.63. The zero-order valence-electron chi connectivity index (χ0n) is 10.4. The molecule has 0 aliphatic rings. The number of aliphatic carboxylic acids is 1. The van der Waals surface area contributed by atoms with E-state index in [0.717, 1.165) is 0 Å². The van der Waals surface area contributed by atoms with E-state index in [2.05, 4.69) is 21.2 Å². The van der Waals surface area contributed by atoms with Gasteiger partial charge in [0.2, 0.25) is 0 Å². The first kappa shape index (κ1) is 15.4. The van der Waals surface area contributed by atoms with Gasteiger partial charge in [-0.25, -0.2) is 9.18 Å². The number of amides is 1. The number of ether oxygens (including phenoxy) is 1. The van der Waals surface area contributed by atoms with Crippen LogP contribution >= 0.6 is 15.9 Å². The number of halogens is 2. The predicted molar refractivity (Wildman–Crippen MR) is 69.5 cm³/mol. The Labute approximate surface area is 117 Å². The highest BCUT2D eigenvalue weighted by molar-refractivity contribution is 9.10. The van der Waals surface area contributed by atoms with Crippen molar-refractivity contribution in [3.8, 4) is 5.75 Å². The molecule has 0 atom stereocenters. The largest absolute Gasteiger partial charge is 0.481 e. The molecule has 0 saturated heterocycles. The van der Waals surface area contributed by atoms with Crippen molar-refractivity contribution in [2.45, 2.75) is 19.4 Å². The van der Waals surface area contributed by atoms with Crippen LogP contribution in [-0.4, -0.2) is 29.1 Å². The van der Waals surface area contributed by atoms with Crippen molar-refractivity contribution in [1.29, 1.82) is 0 Å². The first-order valence-corrected chi connectivity index (χ1v) is 6.14. The zero-order chi connectivity index (χ0) is 14.6. The predicted octanol–water partition coefficient (Wildman–Crippen LogP) is 1.95. The van der Waals surface area contributed by atoms with Crippen molar-refractivity contribution in [1.82, 2.24) is 5.32 Å². The number of benzene rings is 1. The molecular weight excluding hydrogens is 321 g/mol. The molecule has 1 rings (SSSR count). The van der Waals surface area contributed by atoms with E-state index in [0.29, 0.717) is 4.47 Å². The lowest BCUT2D eigenvalue weighted by Gasteiger charge is -2.20. The minimum absolute atomic E-state index is 0.0773. The van der Waals surface area contributed by atoms with Crippen LogP contribution in [0.5, 0.6) is 5.75 Å². The first-order valence-electron chi connectivity index (χ1n) is 5.34. The van der Waals surface area contributed by atoms with E-state index >= 15 is 0 Å². The molecule has 0 aliphatic heterocycles. The van der Waals surface area contributed by atoms with Gasteiger partial charge in [0, 0.05) is 4.47 Å². The summed E-state index contributed by atoms with van der Waals surface area (Å²) in [5.41, 5.74) is -1.40. The zero-order valence-corrected chi connectivity index (χ0v) is 12.0. The minimum Gasteiger partial charge on any atom is -0.481 e. The van der Waals surface area contributed by atoms with Crippen LogP contribution in [0.25, 0.3) is 0 Å². The second-order valence-electron chi connectivity index (χ2n) is 4.34. The van der Waals surface area contributed by atoms with Crippen molar-refractivity contribution >= 4 is 27.8 Å². The van der Waals surface area contributed by atoms with Gasteiger partial charge in [-0.3, -0.25) is 4.79 Å². The molecule has 0 aromatic heterocycles. The third kappa shape index (κ3) is 4.51. The molecule has 0 saturated carbocycles. The van der Waals surface area contributed by atoms with Gasteiger partial charge in [0.25, 0.3) is 5.91 Å². The second-order valence-corrected chi connectivity index (χ2v) is 5.26. The highest BCUT2D eigenvalue weighted by atomic mass is 79.9. The number of hydrogen-bond acceptors (Lipinski definition) is 3. The van der Waals surface area contributed by atoms with E-state index in [4.69, 9.17) is 9.84 Å². The van der Waals surface area contributed by atoms with Gasteiger partial charge in [-0.1, -0.05) is 15.9 Å². The molecule has 1 amide bonds. The van der Waals surface area contributed by atoms with Gasteiger partial charge >= 0.3 is 5.97 Å². The summed E-state index contributed by atoms with van der Waals surface area (Å²) in [5.74, 6) is -2.50. The van der Waals surface area contributed by atoms with Crippen molar-refractivity contribution in [3.63, 3.8) is 0 Å².